The summed E-state index contributed by atoms with van der Waals surface area (Å²) in [7, 11) is 1.74. The van der Waals surface area contributed by atoms with Gasteiger partial charge in [-0.2, -0.15) is 0 Å². The van der Waals surface area contributed by atoms with Crippen molar-refractivity contribution in [2.24, 2.45) is 5.92 Å². The average molecular weight is 313 g/mol. The van der Waals surface area contributed by atoms with Crippen LogP contribution in [0.15, 0.2) is 42.9 Å². The molecule has 1 aliphatic rings. The van der Waals surface area contributed by atoms with E-state index >= 15 is 0 Å². The van der Waals surface area contributed by atoms with Gasteiger partial charge in [-0.05, 0) is 24.3 Å². The Labute approximate surface area is 136 Å². The molecule has 0 bridgehead atoms. The Morgan fingerprint density at radius 1 is 1.39 bits per heavy atom. The Bertz CT molecular complexity index is 612. The van der Waals surface area contributed by atoms with Gasteiger partial charge in [0.25, 0.3) is 0 Å². The van der Waals surface area contributed by atoms with E-state index in [1.807, 2.05) is 11.0 Å². The van der Waals surface area contributed by atoms with Crippen molar-refractivity contribution in [3.63, 3.8) is 0 Å². The molecule has 5 nitrogen and oxygen atoms in total. The molecule has 0 radical (unpaired) electrons. The van der Waals surface area contributed by atoms with Crippen LogP contribution in [0.4, 0.5) is 0 Å². The maximum absolute atomic E-state index is 12.4. The third-order valence-electron chi connectivity index (χ3n) is 4.59. The molecule has 1 aromatic heterocycles. The molecule has 23 heavy (non-hydrogen) atoms. The molecule has 1 fully saturated rings. The molecule has 0 aliphatic carbocycles. The van der Waals surface area contributed by atoms with Crippen LogP contribution >= 0.6 is 0 Å². The number of rotatable bonds is 5. The second kappa shape index (κ2) is 7.42. The number of piperidine rings is 1. The Balaban J connectivity index is 1.58. The van der Waals surface area contributed by atoms with Crippen LogP contribution in [0.25, 0.3) is 0 Å². The predicted molar refractivity (Wildman–Crippen MR) is 87.9 cm³/mol. The summed E-state index contributed by atoms with van der Waals surface area (Å²) in [6, 6.07) is 10.5. The molecule has 1 aliphatic heterocycles. The summed E-state index contributed by atoms with van der Waals surface area (Å²) in [5.74, 6) is 0.591. The van der Waals surface area contributed by atoms with E-state index < -0.39 is 0 Å². The first-order valence-corrected chi connectivity index (χ1v) is 8.08. The summed E-state index contributed by atoms with van der Waals surface area (Å²) >= 11 is 0. The van der Waals surface area contributed by atoms with Crippen molar-refractivity contribution in [1.29, 1.82) is 0 Å². The molecular formula is C18H23N3O2. The summed E-state index contributed by atoms with van der Waals surface area (Å²) < 4.78 is 5.68. The van der Waals surface area contributed by atoms with E-state index in [0.29, 0.717) is 18.9 Å². The number of methoxy groups -OCH3 is 1. The van der Waals surface area contributed by atoms with E-state index in [0.717, 1.165) is 25.1 Å². The van der Waals surface area contributed by atoms with Gasteiger partial charge in [0.2, 0.25) is 5.91 Å². The highest BCUT2D eigenvalue weighted by molar-refractivity contribution is 5.78. The number of ether oxygens (including phenoxy) is 1. The Morgan fingerprint density at radius 3 is 2.91 bits per heavy atom. The quantitative estimate of drug-likeness (QED) is 0.919. The summed E-state index contributed by atoms with van der Waals surface area (Å²) in [6.07, 6.45) is 5.75. The molecule has 2 aromatic rings. The number of aromatic nitrogens is 2. The Hall–Kier alpha value is -2.14. The zero-order valence-electron chi connectivity index (χ0n) is 13.4. The summed E-state index contributed by atoms with van der Waals surface area (Å²) in [6.45, 7) is 1.46. The molecule has 0 unspecified atom stereocenters. The highest BCUT2D eigenvalue weighted by Crippen LogP contribution is 2.24. The standard InChI is InChI=1S/C18H23N3O2/c1-23-17-12-21(18(22)10-16-11-19-13-20-16)8-7-15(17)9-14-5-3-2-4-6-14/h2-6,11,13,15,17H,7-10,12H2,1H3,(H,19,20)/t15-,17+/m1/s1. The van der Waals surface area contributed by atoms with Crippen LogP contribution in [-0.4, -0.2) is 47.1 Å². The monoisotopic (exact) mass is 313 g/mol. The van der Waals surface area contributed by atoms with Crippen molar-refractivity contribution in [1.82, 2.24) is 14.9 Å². The fourth-order valence-corrected chi connectivity index (χ4v) is 3.27. The van der Waals surface area contributed by atoms with Crippen LogP contribution in [0, 0.1) is 5.92 Å². The minimum Gasteiger partial charge on any atom is -0.379 e. The molecule has 1 N–H and O–H groups in total. The molecule has 1 aromatic carbocycles. The van der Waals surface area contributed by atoms with Gasteiger partial charge in [-0.1, -0.05) is 30.3 Å². The molecule has 122 valence electrons. The molecule has 1 amide bonds. The van der Waals surface area contributed by atoms with Crippen molar-refractivity contribution >= 4 is 5.91 Å². The van der Waals surface area contributed by atoms with Crippen LogP contribution < -0.4 is 0 Å². The van der Waals surface area contributed by atoms with Gasteiger partial charge in [0.1, 0.15) is 0 Å². The fourth-order valence-electron chi connectivity index (χ4n) is 3.27. The second-order valence-electron chi connectivity index (χ2n) is 6.11. The van der Waals surface area contributed by atoms with Gasteiger partial charge in [-0.15, -0.1) is 0 Å². The van der Waals surface area contributed by atoms with E-state index in [2.05, 4.69) is 34.2 Å². The molecule has 0 spiro atoms. The lowest BCUT2D eigenvalue weighted by molar-refractivity contribution is -0.135. The molecule has 3 rings (SSSR count). The zero-order chi connectivity index (χ0) is 16.1. The zero-order valence-corrected chi connectivity index (χ0v) is 13.4. The number of amides is 1. The fraction of sp³-hybridized carbons (Fsp3) is 0.444. The van der Waals surface area contributed by atoms with Gasteiger partial charge >= 0.3 is 0 Å². The minimum absolute atomic E-state index is 0.0923. The molecule has 2 atom stereocenters. The number of carbonyl (C=O) groups is 1. The number of hydrogen-bond acceptors (Lipinski definition) is 3. The molecule has 1 saturated heterocycles. The van der Waals surface area contributed by atoms with E-state index in [9.17, 15) is 4.79 Å². The number of nitrogens with one attached hydrogen (secondary N) is 1. The Kier molecular flexibility index (Phi) is 5.08. The minimum atomic E-state index is 0.0923. The number of hydrogen-bond donors (Lipinski definition) is 1. The van der Waals surface area contributed by atoms with Gasteiger partial charge in [0.05, 0.1) is 18.9 Å². The maximum Gasteiger partial charge on any atom is 0.228 e. The lowest BCUT2D eigenvalue weighted by atomic mass is 9.87. The largest absolute Gasteiger partial charge is 0.379 e. The number of likely N-dealkylation sites (tertiary alicyclic amines) is 1. The highest BCUT2D eigenvalue weighted by Gasteiger charge is 2.31. The van der Waals surface area contributed by atoms with Crippen LogP contribution in [0.5, 0.6) is 0 Å². The van der Waals surface area contributed by atoms with Crippen LogP contribution in [0.3, 0.4) is 0 Å². The van der Waals surface area contributed by atoms with Gasteiger partial charge < -0.3 is 14.6 Å². The number of imidazole rings is 1. The van der Waals surface area contributed by atoms with Crippen molar-refractivity contribution in [2.45, 2.75) is 25.4 Å². The third kappa shape index (κ3) is 3.99. The number of nitrogens with zero attached hydrogens (tertiary/aromatic N) is 2. The highest BCUT2D eigenvalue weighted by atomic mass is 16.5. The van der Waals surface area contributed by atoms with Crippen molar-refractivity contribution < 1.29 is 9.53 Å². The van der Waals surface area contributed by atoms with Crippen LogP contribution in [0.1, 0.15) is 17.7 Å². The number of aromatic amines is 1. The number of H-pyrrole nitrogens is 1. The Morgan fingerprint density at radius 2 is 2.22 bits per heavy atom. The van der Waals surface area contributed by atoms with E-state index in [-0.39, 0.29) is 12.0 Å². The van der Waals surface area contributed by atoms with Crippen LogP contribution in [-0.2, 0) is 22.4 Å². The first-order chi connectivity index (χ1) is 11.3. The van der Waals surface area contributed by atoms with E-state index in [4.69, 9.17) is 4.74 Å². The maximum atomic E-state index is 12.4. The first kappa shape index (κ1) is 15.7. The molecule has 5 heteroatoms. The van der Waals surface area contributed by atoms with Crippen molar-refractivity contribution in [3.8, 4) is 0 Å². The number of benzene rings is 1. The topological polar surface area (TPSA) is 58.2 Å². The number of carbonyl (C=O) groups excluding carboxylic acids is 1. The molecular weight excluding hydrogens is 290 g/mol. The third-order valence-corrected chi connectivity index (χ3v) is 4.59. The van der Waals surface area contributed by atoms with Crippen molar-refractivity contribution in [3.05, 3.63) is 54.1 Å². The summed E-state index contributed by atoms with van der Waals surface area (Å²) in [4.78, 5) is 21.3. The van der Waals surface area contributed by atoms with Gasteiger partial charge in [0, 0.05) is 32.1 Å². The normalized spacial score (nSPS) is 21.3. The SMILES string of the molecule is CO[C@H]1CN(C(=O)Cc2cnc[nH]2)CC[C@@H]1Cc1ccccc1. The van der Waals surface area contributed by atoms with E-state index in [1.54, 1.807) is 19.6 Å². The van der Waals surface area contributed by atoms with Gasteiger partial charge in [0.15, 0.2) is 0 Å². The average Bonchev–Trinajstić information content (AvgIpc) is 3.09. The van der Waals surface area contributed by atoms with E-state index in [1.165, 1.54) is 5.56 Å². The molecule has 2 heterocycles. The van der Waals surface area contributed by atoms with Gasteiger partial charge in [-0.25, -0.2) is 4.98 Å². The lowest BCUT2D eigenvalue weighted by Gasteiger charge is -2.38. The summed E-state index contributed by atoms with van der Waals surface area (Å²) in [5.41, 5.74) is 2.19. The van der Waals surface area contributed by atoms with Crippen molar-refractivity contribution in [2.75, 3.05) is 20.2 Å². The first-order valence-electron chi connectivity index (χ1n) is 8.08. The smallest absolute Gasteiger partial charge is 0.228 e. The second-order valence-corrected chi connectivity index (χ2v) is 6.11. The lowest BCUT2D eigenvalue weighted by Crippen LogP contribution is -2.48. The molecule has 0 saturated carbocycles. The predicted octanol–water partition coefficient (Wildman–Crippen LogP) is 2.06. The summed E-state index contributed by atoms with van der Waals surface area (Å²) in [5, 5.41) is 0. The van der Waals surface area contributed by atoms with Crippen LogP contribution in [0.2, 0.25) is 0 Å². The van der Waals surface area contributed by atoms with Gasteiger partial charge in [-0.3, -0.25) is 4.79 Å².